The summed E-state index contributed by atoms with van der Waals surface area (Å²) in [4.78, 5) is 0. The zero-order valence-electron chi connectivity index (χ0n) is 12.0. The molecule has 106 valence electrons. The van der Waals surface area contributed by atoms with Gasteiger partial charge in [0, 0.05) is 6.04 Å². The molecule has 1 aliphatic carbocycles. The first-order valence-electron chi connectivity index (χ1n) is 7.08. The summed E-state index contributed by atoms with van der Waals surface area (Å²) in [5, 5.41) is 4.95. The number of halogens is 2. The van der Waals surface area contributed by atoms with Gasteiger partial charge in [0.2, 0.25) is 0 Å². The Labute approximate surface area is 126 Å². The maximum absolute atomic E-state index is 6.20. The van der Waals surface area contributed by atoms with E-state index in [1.165, 1.54) is 25.7 Å². The summed E-state index contributed by atoms with van der Waals surface area (Å²) in [7, 11) is 0. The smallest absolute Gasteiger partial charge is 0.0721 e. The highest BCUT2D eigenvalue weighted by Gasteiger charge is 2.29. The quantitative estimate of drug-likeness (QED) is 0.705. The summed E-state index contributed by atoms with van der Waals surface area (Å²) in [6.45, 7) is 7.03. The van der Waals surface area contributed by atoms with E-state index in [9.17, 15) is 0 Å². The maximum Gasteiger partial charge on any atom is 0.0721 e. The van der Waals surface area contributed by atoms with Crippen LogP contribution in [-0.4, -0.2) is 6.04 Å². The molecule has 1 aliphatic rings. The number of benzene rings is 1. The Morgan fingerprint density at radius 3 is 2.00 bits per heavy atom. The van der Waals surface area contributed by atoms with Crippen LogP contribution in [0.5, 0.6) is 0 Å². The molecule has 1 N–H and O–H groups in total. The molecule has 0 amide bonds. The molecule has 0 heterocycles. The third kappa shape index (κ3) is 3.79. The van der Waals surface area contributed by atoms with Crippen LogP contribution in [0.15, 0.2) is 18.2 Å². The molecule has 1 saturated carbocycles. The SMILES string of the molecule is CC(C)(C)C1CCC(Nc2c(Cl)cccc2Cl)CC1. The predicted molar refractivity (Wildman–Crippen MR) is 85.3 cm³/mol. The summed E-state index contributed by atoms with van der Waals surface area (Å²) < 4.78 is 0. The van der Waals surface area contributed by atoms with E-state index < -0.39 is 0 Å². The molecule has 0 atom stereocenters. The lowest BCUT2D eigenvalue weighted by Gasteiger charge is -2.37. The van der Waals surface area contributed by atoms with E-state index in [1.54, 1.807) is 0 Å². The van der Waals surface area contributed by atoms with Crippen LogP contribution in [0.1, 0.15) is 46.5 Å². The normalized spacial score (nSPS) is 24.3. The Morgan fingerprint density at radius 2 is 1.53 bits per heavy atom. The molecule has 0 aromatic heterocycles. The van der Waals surface area contributed by atoms with Crippen LogP contribution < -0.4 is 5.32 Å². The largest absolute Gasteiger partial charge is 0.380 e. The second kappa shape index (κ2) is 5.93. The number of hydrogen-bond acceptors (Lipinski definition) is 1. The molecular formula is C16H23Cl2N. The van der Waals surface area contributed by atoms with Gasteiger partial charge in [-0.3, -0.25) is 0 Å². The van der Waals surface area contributed by atoms with Gasteiger partial charge in [-0.05, 0) is 49.1 Å². The van der Waals surface area contributed by atoms with E-state index in [0.717, 1.165) is 11.6 Å². The van der Waals surface area contributed by atoms with Crippen molar-refractivity contribution in [2.75, 3.05) is 5.32 Å². The van der Waals surface area contributed by atoms with Crippen molar-refractivity contribution in [2.24, 2.45) is 11.3 Å². The van der Waals surface area contributed by atoms with Gasteiger partial charge < -0.3 is 5.32 Å². The van der Waals surface area contributed by atoms with Crippen LogP contribution >= 0.6 is 23.2 Å². The second-order valence-electron chi connectivity index (χ2n) is 6.66. The molecule has 1 aromatic carbocycles. The fourth-order valence-corrected chi connectivity index (χ4v) is 3.45. The van der Waals surface area contributed by atoms with Crippen molar-refractivity contribution in [3.8, 4) is 0 Å². The number of rotatable bonds is 2. The Morgan fingerprint density at radius 1 is 1.00 bits per heavy atom. The van der Waals surface area contributed by atoms with Crippen molar-refractivity contribution in [1.82, 2.24) is 0 Å². The second-order valence-corrected chi connectivity index (χ2v) is 7.47. The van der Waals surface area contributed by atoms with E-state index in [4.69, 9.17) is 23.2 Å². The van der Waals surface area contributed by atoms with Crippen molar-refractivity contribution >= 4 is 28.9 Å². The van der Waals surface area contributed by atoms with Crippen molar-refractivity contribution in [2.45, 2.75) is 52.5 Å². The highest BCUT2D eigenvalue weighted by atomic mass is 35.5. The van der Waals surface area contributed by atoms with Crippen LogP contribution in [0.3, 0.4) is 0 Å². The minimum Gasteiger partial charge on any atom is -0.380 e. The van der Waals surface area contributed by atoms with Crippen LogP contribution in [0.4, 0.5) is 5.69 Å². The van der Waals surface area contributed by atoms with Gasteiger partial charge in [-0.2, -0.15) is 0 Å². The summed E-state index contributed by atoms with van der Waals surface area (Å²) >= 11 is 12.4. The third-order valence-electron chi connectivity index (χ3n) is 4.26. The molecule has 0 spiro atoms. The van der Waals surface area contributed by atoms with Crippen LogP contribution in [0, 0.1) is 11.3 Å². The Balaban J connectivity index is 1.96. The number of nitrogens with one attached hydrogen (secondary N) is 1. The maximum atomic E-state index is 6.20. The lowest BCUT2D eigenvalue weighted by Crippen LogP contribution is -2.31. The first kappa shape index (κ1) is 15.0. The van der Waals surface area contributed by atoms with Crippen LogP contribution in [0.2, 0.25) is 10.0 Å². The zero-order valence-corrected chi connectivity index (χ0v) is 13.5. The lowest BCUT2D eigenvalue weighted by atomic mass is 9.71. The number of hydrogen-bond donors (Lipinski definition) is 1. The van der Waals surface area contributed by atoms with Gasteiger partial charge in [-0.25, -0.2) is 0 Å². The molecule has 0 unspecified atom stereocenters. The van der Waals surface area contributed by atoms with E-state index in [1.807, 2.05) is 18.2 Å². The molecule has 19 heavy (non-hydrogen) atoms. The molecule has 0 saturated heterocycles. The highest BCUT2D eigenvalue weighted by molar-refractivity contribution is 6.39. The van der Waals surface area contributed by atoms with Crippen molar-refractivity contribution in [3.63, 3.8) is 0 Å². The van der Waals surface area contributed by atoms with Gasteiger partial charge in [0.1, 0.15) is 0 Å². The van der Waals surface area contributed by atoms with Gasteiger partial charge in [-0.1, -0.05) is 50.0 Å². The standard InChI is InChI=1S/C16H23Cl2N/c1-16(2,3)11-7-9-12(10-8-11)19-15-13(17)5-4-6-14(15)18/h4-6,11-12,19H,7-10H2,1-3H3. The summed E-state index contributed by atoms with van der Waals surface area (Å²) in [6, 6.07) is 6.15. The first-order valence-corrected chi connectivity index (χ1v) is 7.84. The minimum absolute atomic E-state index is 0.424. The summed E-state index contributed by atoms with van der Waals surface area (Å²) in [5.41, 5.74) is 1.32. The van der Waals surface area contributed by atoms with Crippen molar-refractivity contribution in [1.29, 1.82) is 0 Å². The molecule has 0 radical (unpaired) electrons. The zero-order chi connectivity index (χ0) is 14.0. The molecule has 1 fully saturated rings. The van der Waals surface area contributed by atoms with Gasteiger partial charge in [0.15, 0.2) is 0 Å². The molecule has 1 aromatic rings. The van der Waals surface area contributed by atoms with E-state index in [-0.39, 0.29) is 0 Å². The number of anilines is 1. The van der Waals surface area contributed by atoms with Crippen molar-refractivity contribution < 1.29 is 0 Å². The topological polar surface area (TPSA) is 12.0 Å². The van der Waals surface area contributed by atoms with E-state index in [0.29, 0.717) is 21.5 Å². The molecule has 2 rings (SSSR count). The first-order chi connectivity index (χ1) is 8.88. The predicted octanol–water partition coefficient (Wildman–Crippen LogP) is 6.01. The third-order valence-corrected chi connectivity index (χ3v) is 4.89. The van der Waals surface area contributed by atoms with Gasteiger partial charge >= 0.3 is 0 Å². The summed E-state index contributed by atoms with van der Waals surface area (Å²) in [6.07, 6.45) is 4.96. The van der Waals surface area contributed by atoms with Gasteiger partial charge in [0.05, 0.1) is 15.7 Å². The Bertz CT molecular complexity index is 409. The Hall–Kier alpha value is -0.400. The molecule has 0 bridgehead atoms. The fourth-order valence-electron chi connectivity index (χ4n) is 2.94. The highest BCUT2D eigenvalue weighted by Crippen LogP contribution is 2.39. The van der Waals surface area contributed by atoms with Gasteiger partial charge in [-0.15, -0.1) is 0 Å². The summed E-state index contributed by atoms with van der Waals surface area (Å²) in [5.74, 6) is 0.826. The average Bonchev–Trinajstić information content (AvgIpc) is 2.33. The molecule has 3 heteroatoms. The fraction of sp³-hybridized carbons (Fsp3) is 0.625. The Kier molecular flexibility index (Phi) is 4.68. The van der Waals surface area contributed by atoms with E-state index >= 15 is 0 Å². The monoisotopic (exact) mass is 299 g/mol. The van der Waals surface area contributed by atoms with E-state index in [2.05, 4.69) is 26.1 Å². The van der Waals surface area contributed by atoms with Gasteiger partial charge in [0.25, 0.3) is 0 Å². The average molecular weight is 300 g/mol. The minimum atomic E-state index is 0.424. The lowest BCUT2D eigenvalue weighted by molar-refractivity contribution is 0.173. The molecule has 1 nitrogen and oxygen atoms in total. The number of para-hydroxylation sites is 1. The van der Waals surface area contributed by atoms with Crippen molar-refractivity contribution in [3.05, 3.63) is 28.2 Å². The molecule has 0 aliphatic heterocycles. The molecular weight excluding hydrogens is 277 g/mol. The van der Waals surface area contributed by atoms with Crippen LogP contribution in [-0.2, 0) is 0 Å². The van der Waals surface area contributed by atoms with Crippen LogP contribution in [0.25, 0.3) is 0 Å².